The lowest BCUT2D eigenvalue weighted by atomic mass is 10.3. The number of fused-ring (bicyclic) bond motifs is 1. The summed E-state index contributed by atoms with van der Waals surface area (Å²) in [4.78, 5) is 19.7. The molecule has 0 saturated carbocycles. The minimum Gasteiger partial charge on any atom is -0.481 e. The first kappa shape index (κ1) is 15.8. The van der Waals surface area contributed by atoms with Crippen LogP contribution in [0, 0.1) is 6.92 Å². The van der Waals surface area contributed by atoms with E-state index in [2.05, 4.69) is 9.97 Å². The van der Waals surface area contributed by atoms with Gasteiger partial charge >= 0.3 is 5.97 Å². The molecule has 0 spiro atoms. The molecule has 1 N–H and O–H groups in total. The smallest absolute Gasteiger partial charge is 0.313 e. The van der Waals surface area contributed by atoms with Gasteiger partial charge in [0.15, 0.2) is 10.8 Å². The van der Waals surface area contributed by atoms with E-state index in [0.29, 0.717) is 18.3 Å². The first-order valence-electron chi connectivity index (χ1n) is 6.77. The van der Waals surface area contributed by atoms with Crippen molar-refractivity contribution in [2.75, 3.05) is 12.4 Å². The Balaban J connectivity index is 2.30. The SMILES string of the molecule is Cc1ccnc2c1nc(SCC(=O)O)n2CCOC(C)C. The number of carbonyl (C=O) groups is 1. The molecule has 0 unspecified atom stereocenters. The molecule has 114 valence electrons. The Labute approximate surface area is 127 Å². The second-order valence-corrected chi connectivity index (χ2v) is 5.89. The van der Waals surface area contributed by atoms with E-state index in [9.17, 15) is 4.79 Å². The van der Waals surface area contributed by atoms with E-state index in [-0.39, 0.29) is 11.9 Å². The Morgan fingerprint density at radius 2 is 2.29 bits per heavy atom. The van der Waals surface area contributed by atoms with Crippen LogP contribution >= 0.6 is 11.8 Å². The molecule has 7 heteroatoms. The highest BCUT2D eigenvalue weighted by Gasteiger charge is 2.15. The number of rotatable bonds is 7. The summed E-state index contributed by atoms with van der Waals surface area (Å²) in [6, 6.07) is 1.90. The molecule has 0 aliphatic heterocycles. The van der Waals surface area contributed by atoms with E-state index in [4.69, 9.17) is 9.84 Å². The predicted molar refractivity (Wildman–Crippen MR) is 81.7 cm³/mol. The molecule has 2 rings (SSSR count). The lowest BCUT2D eigenvalue weighted by molar-refractivity contribution is -0.133. The first-order chi connectivity index (χ1) is 9.99. The van der Waals surface area contributed by atoms with Crippen LogP contribution in [0.2, 0.25) is 0 Å². The number of hydrogen-bond donors (Lipinski definition) is 1. The Kier molecular flexibility index (Phi) is 5.19. The van der Waals surface area contributed by atoms with E-state index in [1.165, 1.54) is 11.8 Å². The number of aromatic nitrogens is 3. The molecule has 0 bridgehead atoms. The fourth-order valence-electron chi connectivity index (χ4n) is 1.94. The number of carboxylic acids is 1. The third-order valence-electron chi connectivity index (χ3n) is 2.89. The standard InChI is InChI=1S/C14H19N3O3S/c1-9(2)20-7-6-17-13-12(10(3)4-5-15-13)16-14(17)21-8-11(18)19/h4-5,9H,6-8H2,1-3H3,(H,18,19). The van der Waals surface area contributed by atoms with Crippen LogP contribution in [0.4, 0.5) is 0 Å². The van der Waals surface area contributed by atoms with Crippen LogP contribution in [0.1, 0.15) is 19.4 Å². The number of imidazole rings is 1. The van der Waals surface area contributed by atoms with Crippen LogP contribution in [-0.4, -0.2) is 44.1 Å². The predicted octanol–water partition coefficient (Wildman–Crippen LogP) is 2.34. The number of carboxylic acid groups (broad SMARTS) is 1. The molecule has 2 aromatic rings. The molecular formula is C14H19N3O3S. The van der Waals surface area contributed by atoms with Gasteiger partial charge in [0.05, 0.1) is 25.0 Å². The van der Waals surface area contributed by atoms with E-state index in [0.717, 1.165) is 16.7 Å². The second kappa shape index (κ2) is 6.91. The van der Waals surface area contributed by atoms with Gasteiger partial charge in [-0.15, -0.1) is 0 Å². The van der Waals surface area contributed by atoms with Crippen LogP contribution in [-0.2, 0) is 16.1 Å². The fourth-order valence-corrected chi connectivity index (χ4v) is 2.68. The van der Waals surface area contributed by atoms with Gasteiger partial charge in [-0.2, -0.15) is 0 Å². The Hall–Kier alpha value is -1.60. The number of pyridine rings is 1. The highest BCUT2D eigenvalue weighted by atomic mass is 32.2. The molecule has 21 heavy (non-hydrogen) atoms. The monoisotopic (exact) mass is 309 g/mol. The molecule has 0 atom stereocenters. The van der Waals surface area contributed by atoms with Crippen LogP contribution in [0.25, 0.3) is 11.2 Å². The van der Waals surface area contributed by atoms with E-state index in [1.54, 1.807) is 6.20 Å². The first-order valence-corrected chi connectivity index (χ1v) is 7.75. The van der Waals surface area contributed by atoms with Gasteiger partial charge in [0.2, 0.25) is 0 Å². The van der Waals surface area contributed by atoms with Crippen molar-refractivity contribution in [1.82, 2.24) is 14.5 Å². The third kappa shape index (κ3) is 3.95. The van der Waals surface area contributed by atoms with Gasteiger partial charge in [0.25, 0.3) is 0 Å². The van der Waals surface area contributed by atoms with Crippen molar-refractivity contribution >= 4 is 28.9 Å². The number of aliphatic carboxylic acids is 1. The van der Waals surface area contributed by atoms with E-state index >= 15 is 0 Å². The van der Waals surface area contributed by atoms with Gasteiger partial charge in [0.1, 0.15) is 5.52 Å². The minimum atomic E-state index is -0.860. The van der Waals surface area contributed by atoms with Crippen LogP contribution in [0.15, 0.2) is 17.4 Å². The lowest BCUT2D eigenvalue weighted by Gasteiger charge is -2.10. The molecule has 0 aromatic carbocycles. The maximum atomic E-state index is 10.8. The van der Waals surface area contributed by atoms with Crippen molar-refractivity contribution in [2.45, 2.75) is 38.6 Å². The fraction of sp³-hybridized carbons (Fsp3) is 0.500. The normalized spacial score (nSPS) is 11.4. The maximum Gasteiger partial charge on any atom is 0.313 e. The van der Waals surface area contributed by atoms with Crippen LogP contribution in [0.3, 0.4) is 0 Å². The van der Waals surface area contributed by atoms with Crippen molar-refractivity contribution in [1.29, 1.82) is 0 Å². The molecule has 6 nitrogen and oxygen atoms in total. The quantitative estimate of drug-likeness (QED) is 0.791. The van der Waals surface area contributed by atoms with Crippen molar-refractivity contribution in [3.63, 3.8) is 0 Å². The van der Waals surface area contributed by atoms with Crippen LogP contribution < -0.4 is 0 Å². The summed E-state index contributed by atoms with van der Waals surface area (Å²) >= 11 is 1.21. The van der Waals surface area contributed by atoms with E-state index < -0.39 is 5.97 Å². The number of hydrogen-bond acceptors (Lipinski definition) is 5. The summed E-state index contributed by atoms with van der Waals surface area (Å²) in [6.07, 6.45) is 1.90. The average molecular weight is 309 g/mol. The summed E-state index contributed by atoms with van der Waals surface area (Å²) in [6.45, 7) is 7.08. The van der Waals surface area contributed by atoms with Crippen molar-refractivity contribution in [3.05, 3.63) is 17.8 Å². The average Bonchev–Trinajstić information content (AvgIpc) is 2.76. The molecule has 0 saturated heterocycles. The van der Waals surface area contributed by atoms with Crippen molar-refractivity contribution in [3.8, 4) is 0 Å². The zero-order chi connectivity index (χ0) is 15.4. The molecule has 0 amide bonds. The largest absolute Gasteiger partial charge is 0.481 e. The third-order valence-corrected chi connectivity index (χ3v) is 3.85. The Morgan fingerprint density at radius 3 is 2.95 bits per heavy atom. The van der Waals surface area contributed by atoms with Crippen molar-refractivity contribution in [2.24, 2.45) is 0 Å². The van der Waals surface area contributed by atoms with Gasteiger partial charge in [-0.3, -0.25) is 4.79 Å². The molecule has 0 radical (unpaired) electrons. The zero-order valence-electron chi connectivity index (χ0n) is 12.4. The molecule has 2 heterocycles. The molecule has 0 aliphatic carbocycles. The second-order valence-electron chi connectivity index (χ2n) is 4.95. The summed E-state index contributed by atoms with van der Waals surface area (Å²) in [5, 5.41) is 9.51. The number of nitrogens with zero attached hydrogens (tertiary/aromatic N) is 3. The topological polar surface area (TPSA) is 77.2 Å². The summed E-state index contributed by atoms with van der Waals surface area (Å²) < 4.78 is 7.50. The summed E-state index contributed by atoms with van der Waals surface area (Å²) in [5.74, 6) is -0.880. The van der Waals surface area contributed by atoms with Gasteiger partial charge in [-0.1, -0.05) is 11.8 Å². The Bertz CT molecular complexity index is 640. The Morgan fingerprint density at radius 1 is 1.52 bits per heavy atom. The van der Waals surface area contributed by atoms with Gasteiger partial charge in [0, 0.05) is 6.20 Å². The maximum absolute atomic E-state index is 10.8. The number of thioether (sulfide) groups is 1. The number of ether oxygens (including phenoxy) is 1. The minimum absolute atomic E-state index is 0.0204. The zero-order valence-corrected chi connectivity index (χ0v) is 13.2. The lowest BCUT2D eigenvalue weighted by Crippen LogP contribution is -2.12. The van der Waals surface area contributed by atoms with Gasteiger partial charge < -0.3 is 14.4 Å². The van der Waals surface area contributed by atoms with Crippen LogP contribution in [0.5, 0.6) is 0 Å². The van der Waals surface area contributed by atoms with Gasteiger partial charge in [-0.25, -0.2) is 9.97 Å². The summed E-state index contributed by atoms with van der Waals surface area (Å²) in [5.41, 5.74) is 2.62. The molecule has 2 aromatic heterocycles. The summed E-state index contributed by atoms with van der Waals surface area (Å²) in [7, 11) is 0. The molecule has 0 fully saturated rings. The highest BCUT2D eigenvalue weighted by Crippen LogP contribution is 2.24. The highest BCUT2D eigenvalue weighted by molar-refractivity contribution is 7.99. The molecule has 0 aliphatic rings. The number of aryl methyl sites for hydroxylation is 1. The molecular weight excluding hydrogens is 290 g/mol. The van der Waals surface area contributed by atoms with Crippen molar-refractivity contribution < 1.29 is 14.6 Å². The van der Waals surface area contributed by atoms with Gasteiger partial charge in [-0.05, 0) is 32.4 Å². The van der Waals surface area contributed by atoms with E-state index in [1.807, 2.05) is 31.4 Å².